The molecule has 0 heterocycles. The molecule has 0 aliphatic rings. The maximum Gasteiger partial charge on any atom is 0.573 e. The molecule has 16 heavy (non-hydrogen) atoms. The van der Waals surface area contributed by atoms with Gasteiger partial charge in [-0.3, -0.25) is 0 Å². The first-order valence-corrected chi connectivity index (χ1v) is 4.91. The molecule has 0 aliphatic heterocycles. The van der Waals surface area contributed by atoms with Gasteiger partial charge in [0.25, 0.3) is 0 Å². The third-order valence-electron chi connectivity index (χ3n) is 2.19. The lowest BCUT2D eigenvalue weighted by molar-refractivity contribution is -0.274. The molecule has 0 radical (unpaired) electrons. The zero-order chi connectivity index (χ0) is 12.3. The van der Waals surface area contributed by atoms with Crippen LogP contribution in [0.4, 0.5) is 13.2 Å². The van der Waals surface area contributed by atoms with Crippen LogP contribution >= 0.6 is 0 Å². The SMILES string of the molecule is CC(C)C(N)c1cccc(OC(F)(F)F)c1. The van der Waals surface area contributed by atoms with Gasteiger partial charge in [-0.05, 0) is 23.6 Å². The number of nitrogens with two attached hydrogens (primary N) is 1. The third kappa shape index (κ3) is 3.73. The van der Waals surface area contributed by atoms with E-state index in [-0.39, 0.29) is 17.7 Å². The van der Waals surface area contributed by atoms with Crippen molar-refractivity contribution in [1.29, 1.82) is 0 Å². The van der Waals surface area contributed by atoms with E-state index in [2.05, 4.69) is 4.74 Å². The molecule has 1 rings (SSSR count). The topological polar surface area (TPSA) is 35.2 Å². The smallest absolute Gasteiger partial charge is 0.406 e. The van der Waals surface area contributed by atoms with Crippen molar-refractivity contribution in [3.05, 3.63) is 29.8 Å². The van der Waals surface area contributed by atoms with Crippen LogP contribution < -0.4 is 10.5 Å². The molecule has 0 saturated carbocycles. The van der Waals surface area contributed by atoms with E-state index in [1.165, 1.54) is 18.2 Å². The van der Waals surface area contributed by atoms with Gasteiger partial charge in [0.15, 0.2) is 0 Å². The lowest BCUT2D eigenvalue weighted by atomic mass is 9.97. The molecule has 2 N–H and O–H groups in total. The summed E-state index contributed by atoms with van der Waals surface area (Å²) >= 11 is 0. The Morgan fingerprint density at radius 3 is 2.38 bits per heavy atom. The van der Waals surface area contributed by atoms with Crippen molar-refractivity contribution < 1.29 is 17.9 Å². The number of alkyl halides is 3. The summed E-state index contributed by atoms with van der Waals surface area (Å²) in [6.07, 6.45) is -4.67. The number of hydrogen-bond donors (Lipinski definition) is 1. The minimum absolute atomic E-state index is 0.154. The average Bonchev–Trinajstić information content (AvgIpc) is 2.14. The standard InChI is InChI=1S/C11H14F3NO/c1-7(2)10(15)8-4-3-5-9(6-8)16-11(12,13)14/h3-7,10H,15H2,1-2H3. The van der Waals surface area contributed by atoms with Gasteiger partial charge in [0.2, 0.25) is 0 Å². The average molecular weight is 233 g/mol. The summed E-state index contributed by atoms with van der Waals surface area (Å²) < 4.78 is 39.8. The van der Waals surface area contributed by atoms with Crippen molar-refractivity contribution in [3.8, 4) is 5.75 Å². The Morgan fingerprint density at radius 2 is 1.88 bits per heavy atom. The fourth-order valence-electron chi connectivity index (χ4n) is 1.30. The van der Waals surface area contributed by atoms with Crippen molar-refractivity contribution in [2.45, 2.75) is 26.3 Å². The van der Waals surface area contributed by atoms with E-state index in [9.17, 15) is 13.2 Å². The van der Waals surface area contributed by atoms with Crippen molar-refractivity contribution >= 4 is 0 Å². The number of halogens is 3. The van der Waals surface area contributed by atoms with E-state index < -0.39 is 6.36 Å². The fraction of sp³-hybridized carbons (Fsp3) is 0.455. The fourth-order valence-corrected chi connectivity index (χ4v) is 1.30. The number of hydrogen-bond acceptors (Lipinski definition) is 2. The van der Waals surface area contributed by atoms with Gasteiger partial charge in [-0.1, -0.05) is 26.0 Å². The van der Waals surface area contributed by atoms with Crippen molar-refractivity contribution in [3.63, 3.8) is 0 Å². The van der Waals surface area contributed by atoms with Gasteiger partial charge in [0.1, 0.15) is 5.75 Å². The van der Waals surface area contributed by atoms with Crippen molar-refractivity contribution in [2.24, 2.45) is 11.7 Å². The van der Waals surface area contributed by atoms with Crippen LogP contribution in [-0.2, 0) is 0 Å². The predicted molar refractivity (Wildman–Crippen MR) is 54.9 cm³/mol. The van der Waals surface area contributed by atoms with E-state index in [4.69, 9.17) is 5.73 Å². The second kappa shape index (κ2) is 4.74. The Bertz CT molecular complexity index is 349. The second-order valence-corrected chi connectivity index (χ2v) is 3.89. The molecule has 1 aromatic carbocycles. The zero-order valence-corrected chi connectivity index (χ0v) is 9.08. The minimum atomic E-state index is -4.67. The van der Waals surface area contributed by atoms with Gasteiger partial charge >= 0.3 is 6.36 Å². The first-order chi connectivity index (χ1) is 7.29. The van der Waals surface area contributed by atoms with E-state index in [0.717, 1.165) is 0 Å². The van der Waals surface area contributed by atoms with Gasteiger partial charge in [-0.2, -0.15) is 0 Å². The Hall–Kier alpha value is -1.23. The van der Waals surface area contributed by atoms with E-state index in [1.807, 2.05) is 13.8 Å². The van der Waals surface area contributed by atoms with E-state index >= 15 is 0 Å². The number of rotatable bonds is 3. The summed E-state index contributed by atoms with van der Waals surface area (Å²) in [5.41, 5.74) is 6.47. The quantitative estimate of drug-likeness (QED) is 0.869. The molecule has 0 saturated heterocycles. The highest BCUT2D eigenvalue weighted by atomic mass is 19.4. The van der Waals surface area contributed by atoms with Crippen LogP contribution in [-0.4, -0.2) is 6.36 Å². The van der Waals surface area contributed by atoms with Crippen molar-refractivity contribution in [2.75, 3.05) is 0 Å². The van der Waals surface area contributed by atoms with Gasteiger partial charge in [0, 0.05) is 6.04 Å². The van der Waals surface area contributed by atoms with Crippen LogP contribution in [0.25, 0.3) is 0 Å². The predicted octanol–water partition coefficient (Wildman–Crippen LogP) is 3.24. The van der Waals surface area contributed by atoms with Crippen LogP contribution in [0, 0.1) is 5.92 Å². The lowest BCUT2D eigenvalue weighted by Crippen LogP contribution is -2.19. The first kappa shape index (κ1) is 12.8. The second-order valence-electron chi connectivity index (χ2n) is 3.89. The van der Waals surface area contributed by atoms with Crippen LogP contribution in [0.2, 0.25) is 0 Å². The Kier molecular flexibility index (Phi) is 3.80. The number of ether oxygens (including phenoxy) is 1. The monoisotopic (exact) mass is 233 g/mol. The highest BCUT2D eigenvalue weighted by Crippen LogP contribution is 2.26. The summed E-state index contributed by atoms with van der Waals surface area (Å²) in [5, 5.41) is 0. The molecule has 90 valence electrons. The molecule has 1 atom stereocenters. The molecule has 0 bridgehead atoms. The van der Waals surface area contributed by atoms with Gasteiger partial charge in [-0.25, -0.2) is 0 Å². The molecular formula is C11H14F3NO. The summed E-state index contributed by atoms with van der Waals surface area (Å²) in [7, 11) is 0. The van der Waals surface area contributed by atoms with Crippen LogP contribution in [0.1, 0.15) is 25.5 Å². The van der Waals surface area contributed by atoms with Crippen LogP contribution in [0.15, 0.2) is 24.3 Å². The molecule has 0 amide bonds. The largest absolute Gasteiger partial charge is 0.573 e. The molecular weight excluding hydrogens is 219 g/mol. The first-order valence-electron chi connectivity index (χ1n) is 4.91. The zero-order valence-electron chi connectivity index (χ0n) is 9.08. The van der Waals surface area contributed by atoms with Gasteiger partial charge in [-0.15, -0.1) is 13.2 Å². The highest BCUT2D eigenvalue weighted by molar-refractivity contribution is 5.30. The molecule has 5 heteroatoms. The molecule has 2 nitrogen and oxygen atoms in total. The molecule has 1 unspecified atom stereocenters. The van der Waals surface area contributed by atoms with Crippen molar-refractivity contribution in [1.82, 2.24) is 0 Å². The number of benzene rings is 1. The maximum atomic E-state index is 12.0. The van der Waals surface area contributed by atoms with Gasteiger partial charge < -0.3 is 10.5 Å². The van der Waals surface area contributed by atoms with Crippen LogP contribution in [0.5, 0.6) is 5.75 Å². The minimum Gasteiger partial charge on any atom is -0.406 e. The normalized spacial score (nSPS) is 13.9. The summed E-state index contributed by atoms with van der Waals surface area (Å²) in [6.45, 7) is 3.81. The summed E-state index contributed by atoms with van der Waals surface area (Å²) in [6, 6.07) is 5.46. The molecule has 0 fully saturated rings. The molecule has 1 aromatic rings. The summed E-state index contributed by atoms with van der Waals surface area (Å²) in [5.74, 6) is -0.0813. The Balaban J connectivity index is 2.87. The van der Waals surface area contributed by atoms with Crippen LogP contribution in [0.3, 0.4) is 0 Å². The molecule has 0 aromatic heterocycles. The maximum absolute atomic E-state index is 12.0. The highest BCUT2D eigenvalue weighted by Gasteiger charge is 2.31. The lowest BCUT2D eigenvalue weighted by Gasteiger charge is -2.17. The Morgan fingerprint density at radius 1 is 1.25 bits per heavy atom. The Labute approximate surface area is 92.2 Å². The molecule has 0 spiro atoms. The van der Waals surface area contributed by atoms with E-state index in [1.54, 1.807) is 6.07 Å². The molecule has 0 aliphatic carbocycles. The van der Waals surface area contributed by atoms with E-state index in [0.29, 0.717) is 5.56 Å². The third-order valence-corrected chi connectivity index (χ3v) is 2.19. The summed E-state index contributed by atoms with van der Waals surface area (Å²) in [4.78, 5) is 0. The van der Waals surface area contributed by atoms with Gasteiger partial charge in [0.05, 0.1) is 0 Å².